The van der Waals surface area contributed by atoms with Gasteiger partial charge in [-0.15, -0.1) is 0 Å². The topological polar surface area (TPSA) is 47.6 Å². The van der Waals surface area contributed by atoms with E-state index in [9.17, 15) is 4.79 Å². The van der Waals surface area contributed by atoms with Crippen molar-refractivity contribution in [1.29, 1.82) is 0 Å². The minimum atomic E-state index is -0.581. The summed E-state index contributed by atoms with van der Waals surface area (Å²) in [5.41, 5.74) is 3.07. The minimum Gasteiger partial charge on any atom is -0.494 e. The third-order valence-corrected chi connectivity index (χ3v) is 4.30. The summed E-state index contributed by atoms with van der Waals surface area (Å²) < 4.78 is 11.4. The van der Waals surface area contributed by atoms with Crippen molar-refractivity contribution in [3.05, 3.63) is 53.6 Å². The van der Waals surface area contributed by atoms with Gasteiger partial charge in [0.1, 0.15) is 11.5 Å². The van der Waals surface area contributed by atoms with E-state index in [0.29, 0.717) is 5.75 Å². The van der Waals surface area contributed by atoms with E-state index in [1.807, 2.05) is 56.3 Å². The molecular formula is C22H29NO3. The smallest absolute Gasteiger partial charge is 0.265 e. The summed E-state index contributed by atoms with van der Waals surface area (Å²) in [5.74, 6) is 1.34. The van der Waals surface area contributed by atoms with Crippen LogP contribution in [0.5, 0.6) is 11.5 Å². The molecule has 0 heterocycles. The lowest BCUT2D eigenvalue weighted by Gasteiger charge is -2.16. The fraction of sp³-hybridized carbons (Fsp3) is 0.409. The van der Waals surface area contributed by atoms with E-state index < -0.39 is 6.10 Å². The Hall–Kier alpha value is -2.49. The van der Waals surface area contributed by atoms with Crippen molar-refractivity contribution in [3.63, 3.8) is 0 Å². The van der Waals surface area contributed by atoms with Gasteiger partial charge in [0.2, 0.25) is 0 Å². The summed E-state index contributed by atoms with van der Waals surface area (Å²) in [4.78, 5) is 12.3. The number of nitrogens with one attached hydrogen (secondary N) is 1. The van der Waals surface area contributed by atoms with Gasteiger partial charge in [-0.05, 0) is 74.7 Å². The fourth-order valence-corrected chi connectivity index (χ4v) is 2.47. The van der Waals surface area contributed by atoms with Gasteiger partial charge in [-0.25, -0.2) is 0 Å². The van der Waals surface area contributed by atoms with E-state index in [0.717, 1.165) is 30.0 Å². The second kappa shape index (κ2) is 9.85. The molecule has 2 aromatic rings. The Bertz CT molecular complexity index is 710. The van der Waals surface area contributed by atoms with Crippen LogP contribution in [0.15, 0.2) is 42.5 Å². The number of unbranched alkanes of at least 4 members (excludes halogenated alkanes) is 2. The van der Waals surface area contributed by atoms with Gasteiger partial charge in [-0.3, -0.25) is 4.79 Å². The van der Waals surface area contributed by atoms with Crippen LogP contribution in [-0.2, 0) is 4.79 Å². The third-order valence-electron chi connectivity index (χ3n) is 4.30. The number of hydrogen-bond acceptors (Lipinski definition) is 3. The highest BCUT2D eigenvalue weighted by Gasteiger charge is 2.15. The molecule has 1 N–H and O–H groups in total. The molecule has 2 rings (SSSR count). The first-order chi connectivity index (χ1) is 12.5. The van der Waals surface area contributed by atoms with Gasteiger partial charge >= 0.3 is 0 Å². The van der Waals surface area contributed by atoms with Crippen molar-refractivity contribution in [2.75, 3.05) is 11.9 Å². The van der Waals surface area contributed by atoms with Crippen LogP contribution >= 0.6 is 0 Å². The number of carbonyl (C=O) groups is 1. The second-order valence-corrected chi connectivity index (χ2v) is 6.58. The van der Waals surface area contributed by atoms with Crippen LogP contribution in [0.1, 0.15) is 44.2 Å². The van der Waals surface area contributed by atoms with Gasteiger partial charge in [-0.2, -0.15) is 0 Å². The zero-order valence-electron chi connectivity index (χ0n) is 16.2. The number of anilines is 1. The molecule has 0 aromatic heterocycles. The Labute approximate surface area is 156 Å². The molecule has 0 fully saturated rings. The van der Waals surface area contributed by atoms with Crippen LogP contribution in [0, 0.1) is 13.8 Å². The van der Waals surface area contributed by atoms with Gasteiger partial charge in [0.25, 0.3) is 5.91 Å². The molecular weight excluding hydrogens is 326 g/mol. The largest absolute Gasteiger partial charge is 0.494 e. The molecule has 1 unspecified atom stereocenters. The van der Waals surface area contributed by atoms with Crippen LogP contribution in [0.4, 0.5) is 5.69 Å². The molecule has 1 amide bonds. The number of amides is 1. The maximum atomic E-state index is 12.3. The standard InChI is InChI=1S/C22H29NO3/c1-5-6-7-14-25-20-12-9-19(10-13-20)23-22(24)18(4)26-21-11-8-16(2)17(3)15-21/h8-13,15,18H,5-7,14H2,1-4H3,(H,23,24). The molecule has 0 saturated carbocycles. The average molecular weight is 355 g/mol. The molecule has 26 heavy (non-hydrogen) atoms. The Morgan fingerprint density at radius 1 is 1.00 bits per heavy atom. The molecule has 4 nitrogen and oxygen atoms in total. The summed E-state index contributed by atoms with van der Waals surface area (Å²) in [7, 11) is 0. The number of rotatable bonds is 9. The highest BCUT2D eigenvalue weighted by Crippen LogP contribution is 2.19. The van der Waals surface area contributed by atoms with E-state index in [1.165, 1.54) is 18.4 Å². The molecule has 0 radical (unpaired) electrons. The van der Waals surface area contributed by atoms with Crippen LogP contribution in [0.2, 0.25) is 0 Å². The first-order valence-electron chi connectivity index (χ1n) is 9.27. The van der Waals surface area contributed by atoms with Crippen molar-refractivity contribution < 1.29 is 14.3 Å². The van der Waals surface area contributed by atoms with Crippen molar-refractivity contribution in [3.8, 4) is 11.5 Å². The normalized spacial score (nSPS) is 11.7. The number of aryl methyl sites for hydroxylation is 2. The lowest BCUT2D eigenvalue weighted by atomic mass is 10.1. The van der Waals surface area contributed by atoms with Crippen molar-refractivity contribution in [2.24, 2.45) is 0 Å². The molecule has 0 spiro atoms. The highest BCUT2D eigenvalue weighted by atomic mass is 16.5. The summed E-state index contributed by atoms with van der Waals surface area (Å²) >= 11 is 0. The molecule has 140 valence electrons. The maximum absolute atomic E-state index is 12.3. The number of ether oxygens (including phenoxy) is 2. The number of hydrogen-bond donors (Lipinski definition) is 1. The Morgan fingerprint density at radius 3 is 2.35 bits per heavy atom. The number of benzene rings is 2. The average Bonchev–Trinajstić information content (AvgIpc) is 2.63. The predicted molar refractivity (Wildman–Crippen MR) is 106 cm³/mol. The monoisotopic (exact) mass is 355 g/mol. The lowest BCUT2D eigenvalue weighted by Crippen LogP contribution is -2.30. The zero-order valence-corrected chi connectivity index (χ0v) is 16.2. The van der Waals surface area contributed by atoms with Crippen LogP contribution in [0.25, 0.3) is 0 Å². The maximum Gasteiger partial charge on any atom is 0.265 e. The molecule has 1 atom stereocenters. The second-order valence-electron chi connectivity index (χ2n) is 6.58. The van der Waals surface area contributed by atoms with Crippen molar-refractivity contribution >= 4 is 11.6 Å². The SMILES string of the molecule is CCCCCOc1ccc(NC(=O)C(C)Oc2ccc(C)c(C)c2)cc1. The highest BCUT2D eigenvalue weighted by molar-refractivity contribution is 5.94. The van der Waals surface area contributed by atoms with E-state index in [-0.39, 0.29) is 5.91 Å². The minimum absolute atomic E-state index is 0.181. The molecule has 0 aliphatic heterocycles. The molecule has 0 aliphatic carbocycles. The van der Waals surface area contributed by atoms with Gasteiger partial charge in [0.15, 0.2) is 6.10 Å². The van der Waals surface area contributed by atoms with Crippen LogP contribution in [0.3, 0.4) is 0 Å². The summed E-state index contributed by atoms with van der Waals surface area (Å²) in [6.07, 6.45) is 2.83. The first-order valence-corrected chi connectivity index (χ1v) is 9.27. The number of carbonyl (C=O) groups excluding carboxylic acids is 1. The Balaban J connectivity index is 1.84. The summed E-state index contributed by atoms with van der Waals surface area (Å²) in [6.45, 7) is 8.71. The Kier molecular flexibility index (Phi) is 7.52. The predicted octanol–water partition coefficient (Wildman–Crippen LogP) is 5.28. The van der Waals surface area contributed by atoms with E-state index in [1.54, 1.807) is 6.92 Å². The molecule has 0 saturated heterocycles. The Morgan fingerprint density at radius 2 is 1.69 bits per heavy atom. The lowest BCUT2D eigenvalue weighted by molar-refractivity contribution is -0.122. The van der Waals surface area contributed by atoms with E-state index >= 15 is 0 Å². The van der Waals surface area contributed by atoms with Gasteiger partial charge in [0, 0.05) is 5.69 Å². The summed E-state index contributed by atoms with van der Waals surface area (Å²) in [6, 6.07) is 13.3. The summed E-state index contributed by atoms with van der Waals surface area (Å²) in [5, 5.41) is 2.87. The molecule has 0 aliphatic rings. The van der Waals surface area contributed by atoms with E-state index in [4.69, 9.17) is 9.47 Å². The third kappa shape index (κ3) is 6.10. The van der Waals surface area contributed by atoms with Crippen LogP contribution < -0.4 is 14.8 Å². The van der Waals surface area contributed by atoms with Gasteiger partial charge in [-0.1, -0.05) is 25.8 Å². The van der Waals surface area contributed by atoms with Crippen molar-refractivity contribution in [1.82, 2.24) is 0 Å². The first kappa shape index (κ1) is 19.8. The van der Waals surface area contributed by atoms with E-state index in [2.05, 4.69) is 12.2 Å². The zero-order chi connectivity index (χ0) is 18.9. The van der Waals surface area contributed by atoms with Crippen LogP contribution in [-0.4, -0.2) is 18.6 Å². The van der Waals surface area contributed by atoms with Gasteiger partial charge < -0.3 is 14.8 Å². The molecule has 2 aromatic carbocycles. The molecule has 4 heteroatoms. The quantitative estimate of drug-likeness (QED) is 0.623. The fourth-order valence-electron chi connectivity index (χ4n) is 2.47. The van der Waals surface area contributed by atoms with Crippen molar-refractivity contribution in [2.45, 2.75) is 53.1 Å². The van der Waals surface area contributed by atoms with Gasteiger partial charge in [0.05, 0.1) is 6.61 Å². The molecule has 0 bridgehead atoms.